The molecule has 3 heterocycles. The standard InChI is InChI=1S/C20H27ClN6.ClH/c1-15-8-9-16(14-17(15)21)22-18-23-19(26-10-4-2-5-11-26)25-20(24-18)27-12-6-3-7-13-27;/h8-9,14H,2-7,10-13H2,1H3,(H,22,23,24,25);1H. The van der Waals surface area contributed by atoms with Gasteiger partial charge in [-0.25, -0.2) is 0 Å². The van der Waals surface area contributed by atoms with E-state index in [4.69, 9.17) is 26.6 Å². The van der Waals surface area contributed by atoms with E-state index in [1.165, 1.54) is 38.5 Å². The minimum atomic E-state index is 0. The zero-order valence-corrected chi connectivity index (χ0v) is 17.9. The normalized spacial score (nSPS) is 17.2. The Morgan fingerprint density at radius 2 is 1.36 bits per heavy atom. The van der Waals surface area contributed by atoms with Gasteiger partial charge in [-0.15, -0.1) is 12.4 Å². The molecule has 2 aromatic rings. The summed E-state index contributed by atoms with van der Waals surface area (Å²) >= 11 is 6.28. The summed E-state index contributed by atoms with van der Waals surface area (Å²) in [5, 5.41) is 4.07. The monoisotopic (exact) mass is 422 g/mol. The molecule has 0 atom stereocenters. The van der Waals surface area contributed by atoms with Crippen LogP contribution in [0.1, 0.15) is 44.1 Å². The molecule has 0 radical (unpaired) electrons. The number of piperidine rings is 2. The van der Waals surface area contributed by atoms with Gasteiger partial charge in [-0.3, -0.25) is 0 Å². The molecule has 8 heteroatoms. The quantitative estimate of drug-likeness (QED) is 0.749. The van der Waals surface area contributed by atoms with Crippen LogP contribution in [-0.2, 0) is 0 Å². The lowest BCUT2D eigenvalue weighted by atomic mass is 10.1. The first-order valence-corrected chi connectivity index (χ1v) is 10.4. The Bertz CT molecular complexity index is 752. The van der Waals surface area contributed by atoms with Gasteiger partial charge in [0.1, 0.15) is 0 Å². The number of aromatic nitrogens is 3. The average molecular weight is 423 g/mol. The molecular formula is C20H28Cl2N6. The largest absolute Gasteiger partial charge is 0.341 e. The van der Waals surface area contributed by atoms with Crippen LogP contribution >= 0.6 is 24.0 Å². The van der Waals surface area contributed by atoms with E-state index in [2.05, 4.69) is 15.1 Å². The molecule has 0 aliphatic carbocycles. The van der Waals surface area contributed by atoms with Crippen LogP contribution in [0.3, 0.4) is 0 Å². The average Bonchev–Trinajstić information content (AvgIpc) is 2.72. The maximum absolute atomic E-state index is 6.28. The number of nitrogens with one attached hydrogen (secondary N) is 1. The highest BCUT2D eigenvalue weighted by molar-refractivity contribution is 6.31. The number of anilines is 4. The Balaban J connectivity index is 0.00000225. The minimum Gasteiger partial charge on any atom is -0.341 e. The van der Waals surface area contributed by atoms with Crippen LogP contribution in [0.2, 0.25) is 5.02 Å². The molecule has 0 amide bonds. The molecule has 0 spiro atoms. The smallest absolute Gasteiger partial charge is 0.233 e. The Labute approximate surface area is 178 Å². The van der Waals surface area contributed by atoms with Gasteiger partial charge >= 0.3 is 0 Å². The number of halogens is 2. The molecule has 6 nitrogen and oxygen atoms in total. The summed E-state index contributed by atoms with van der Waals surface area (Å²) in [7, 11) is 0. The Morgan fingerprint density at radius 1 is 0.821 bits per heavy atom. The third-order valence-corrected chi connectivity index (χ3v) is 5.72. The van der Waals surface area contributed by atoms with E-state index in [0.717, 1.165) is 54.3 Å². The third-order valence-electron chi connectivity index (χ3n) is 5.32. The van der Waals surface area contributed by atoms with E-state index in [-0.39, 0.29) is 12.4 Å². The van der Waals surface area contributed by atoms with Gasteiger partial charge in [0.15, 0.2) is 0 Å². The van der Waals surface area contributed by atoms with Gasteiger partial charge in [0.2, 0.25) is 17.8 Å². The number of rotatable bonds is 4. The molecule has 2 saturated heterocycles. The molecule has 2 fully saturated rings. The number of hydrogen-bond donors (Lipinski definition) is 1. The van der Waals surface area contributed by atoms with Crippen molar-refractivity contribution in [2.75, 3.05) is 41.3 Å². The summed E-state index contributed by atoms with van der Waals surface area (Å²) < 4.78 is 0. The van der Waals surface area contributed by atoms with Gasteiger partial charge in [-0.1, -0.05) is 17.7 Å². The molecular weight excluding hydrogens is 395 g/mol. The maximum Gasteiger partial charge on any atom is 0.233 e. The number of nitrogens with zero attached hydrogens (tertiary/aromatic N) is 5. The Kier molecular flexibility index (Phi) is 7.18. The third kappa shape index (κ3) is 4.97. The molecule has 0 bridgehead atoms. The first-order chi connectivity index (χ1) is 13.2. The predicted octanol–water partition coefficient (Wildman–Crippen LogP) is 4.98. The van der Waals surface area contributed by atoms with Crippen molar-refractivity contribution >= 4 is 47.5 Å². The highest BCUT2D eigenvalue weighted by Crippen LogP contribution is 2.26. The van der Waals surface area contributed by atoms with Crippen molar-refractivity contribution in [1.82, 2.24) is 15.0 Å². The van der Waals surface area contributed by atoms with Crippen LogP contribution in [0, 0.1) is 6.92 Å². The number of hydrogen-bond acceptors (Lipinski definition) is 6. The van der Waals surface area contributed by atoms with Crippen LogP contribution < -0.4 is 15.1 Å². The maximum atomic E-state index is 6.28. The van der Waals surface area contributed by atoms with E-state index in [9.17, 15) is 0 Å². The van der Waals surface area contributed by atoms with Crippen molar-refractivity contribution in [1.29, 1.82) is 0 Å². The summed E-state index contributed by atoms with van der Waals surface area (Å²) in [6.45, 7) is 6.05. The lowest BCUT2D eigenvalue weighted by Crippen LogP contribution is -2.34. The summed E-state index contributed by atoms with van der Waals surface area (Å²) in [5.41, 5.74) is 1.95. The molecule has 2 aliphatic heterocycles. The summed E-state index contributed by atoms with van der Waals surface area (Å²) in [6.07, 6.45) is 7.35. The first-order valence-electron chi connectivity index (χ1n) is 9.98. The van der Waals surface area contributed by atoms with E-state index >= 15 is 0 Å². The second-order valence-corrected chi connectivity index (χ2v) is 7.85. The van der Waals surface area contributed by atoms with Gasteiger partial charge in [0, 0.05) is 36.9 Å². The highest BCUT2D eigenvalue weighted by atomic mass is 35.5. The van der Waals surface area contributed by atoms with Crippen molar-refractivity contribution < 1.29 is 0 Å². The highest BCUT2D eigenvalue weighted by Gasteiger charge is 2.20. The van der Waals surface area contributed by atoms with Crippen molar-refractivity contribution in [3.63, 3.8) is 0 Å². The fraction of sp³-hybridized carbons (Fsp3) is 0.550. The number of aryl methyl sites for hydroxylation is 1. The van der Waals surface area contributed by atoms with Gasteiger partial charge in [0.05, 0.1) is 0 Å². The van der Waals surface area contributed by atoms with Gasteiger partial charge in [-0.05, 0) is 63.1 Å². The predicted molar refractivity (Wildman–Crippen MR) is 119 cm³/mol. The van der Waals surface area contributed by atoms with Crippen LogP contribution in [0.25, 0.3) is 0 Å². The van der Waals surface area contributed by atoms with E-state index in [1.54, 1.807) is 0 Å². The Hall–Kier alpha value is -1.79. The molecule has 0 unspecified atom stereocenters. The Morgan fingerprint density at radius 3 is 1.86 bits per heavy atom. The van der Waals surface area contributed by atoms with Crippen molar-refractivity contribution in [3.05, 3.63) is 28.8 Å². The van der Waals surface area contributed by atoms with Crippen LogP contribution in [0.15, 0.2) is 18.2 Å². The van der Waals surface area contributed by atoms with Crippen LogP contribution in [0.5, 0.6) is 0 Å². The van der Waals surface area contributed by atoms with E-state index in [1.807, 2.05) is 25.1 Å². The van der Waals surface area contributed by atoms with Gasteiger partial charge in [0.25, 0.3) is 0 Å². The molecule has 152 valence electrons. The minimum absolute atomic E-state index is 0. The second kappa shape index (κ2) is 9.61. The van der Waals surface area contributed by atoms with Crippen molar-refractivity contribution in [3.8, 4) is 0 Å². The fourth-order valence-electron chi connectivity index (χ4n) is 3.68. The lowest BCUT2D eigenvalue weighted by molar-refractivity contribution is 0.556. The van der Waals surface area contributed by atoms with Gasteiger partial charge < -0.3 is 15.1 Å². The topological polar surface area (TPSA) is 57.2 Å². The summed E-state index contributed by atoms with van der Waals surface area (Å²) in [4.78, 5) is 18.8. The summed E-state index contributed by atoms with van der Waals surface area (Å²) in [6, 6.07) is 5.93. The fourth-order valence-corrected chi connectivity index (χ4v) is 3.86. The number of benzene rings is 1. The van der Waals surface area contributed by atoms with E-state index < -0.39 is 0 Å². The SMILES string of the molecule is Cc1ccc(Nc2nc(N3CCCCC3)nc(N3CCCCC3)n2)cc1Cl.Cl. The van der Waals surface area contributed by atoms with Crippen molar-refractivity contribution in [2.24, 2.45) is 0 Å². The van der Waals surface area contributed by atoms with E-state index in [0.29, 0.717) is 5.95 Å². The van der Waals surface area contributed by atoms with Gasteiger partial charge in [-0.2, -0.15) is 15.0 Å². The summed E-state index contributed by atoms with van der Waals surface area (Å²) in [5.74, 6) is 2.16. The molecule has 4 rings (SSSR count). The molecule has 1 N–H and O–H groups in total. The first kappa shape index (κ1) is 20.9. The van der Waals surface area contributed by atoms with Crippen LogP contribution in [-0.4, -0.2) is 41.1 Å². The second-order valence-electron chi connectivity index (χ2n) is 7.44. The molecule has 1 aromatic heterocycles. The molecule has 28 heavy (non-hydrogen) atoms. The van der Waals surface area contributed by atoms with Crippen LogP contribution in [0.4, 0.5) is 23.5 Å². The zero-order valence-electron chi connectivity index (χ0n) is 16.3. The molecule has 1 aromatic carbocycles. The van der Waals surface area contributed by atoms with Crippen molar-refractivity contribution in [2.45, 2.75) is 45.4 Å². The molecule has 0 saturated carbocycles. The molecule has 2 aliphatic rings. The lowest BCUT2D eigenvalue weighted by Gasteiger charge is -2.30. The zero-order chi connectivity index (χ0) is 18.6.